The van der Waals surface area contributed by atoms with Gasteiger partial charge in [-0.1, -0.05) is 30.3 Å². The molecule has 0 radical (unpaired) electrons. The van der Waals surface area contributed by atoms with Gasteiger partial charge in [-0.3, -0.25) is 9.24 Å². The van der Waals surface area contributed by atoms with Gasteiger partial charge in [-0.2, -0.15) is 0 Å². The first-order valence-corrected chi connectivity index (χ1v) is 9.47. The normalized spacial score (nSPS) is 11.9. The third kappa shape index (κ3) is 3.90. The molecule has 0 amide bonds. The smallest absolute Gasteiger partial charge is 0.195 e. The van der Waals surface area contributed by atoms with E-state index in [1.165, 1.54) is 0 Å². The minimum absolute atomic E-state index is 0.00538. The standard InChI is InChI=1S/C23H19F3N4O/c1-28-31-12-11-16(14-5-3-2-4-6-14)15-7-10-19-29-23(27)22(30(19)13-15)17-8-9-18(24)21(26)20(17)25/h2-11,13,28H,12,27H2,1H3. The number of nitrogens with two attached hydrogens (primary N) is 1. The van der Waals surface area contributed by atoms with Crippen molar-refractivity contribution in [3.8, 4) is 11.3 Å². The first-order chi connectivity index (χ1) is 15.0. The van der Waals surface area contributed by atoms with E-state index in [4.69, 9.17) is 10.6 Å². The Morgan fingerprint density at radius 1 is 1.03 bits per heavy atom. The van der Waals surface area contributed by atoms with Gasteiger partial charge in [0, 0.05) is 18.8 Å². The van der Waals surface area contributed by atoms with E-state index in [2.05, 4.69) is 10.5 Å². The maximum Gasteiger partial charge on any atom is 0.195 e. The molecule has 2 aromatic carbocycles. The monoisotopic (exact) mass is 424 g/mol. The number of nitrogen functional groups attached to an aromatic ring is 1. The van der Waals surface area contributed by atoms with Crippen molar-refractivity contribution >= 4 is 17.0 Å². The summed E-state index contributed by atoms with van der Waals surface area (Å²) in [7, 11) is 1.67. The summed E-state index contributed by atoms with van der Waals surface area (Å²) in [5, 5.41) is 0. The van der Waals surface area contributed by atoms with Crippen LogP contribution in [0.15, 0.2) is 66.9 Å². The molecule has 0 aliphatic rings. The predicted octanol–water partition coefficient (Wildman–Crippen LogP) is 4.58. The first kappa shape index (κ1) is 20.6. The van der Waals surface area contributed by atoms with Gasteiger partial charge >= 0.3 is 0 Å². The van der Waals surface area contributed by atoms with Crippen LogP contribution in [0.3, 0.4) is 0 Å². The van der Waals surface area contributed by atoms with Crippen LogP contribution in [-0.2, 0) is 4.84 Å². The van der Waals surface area contributed by atoms with Crippen molar-refractivity contribution in [3.05, 3.63) is 95.4 Å². The Balaban J connectivity index is 1.90. The minimum atomic E-state index is -1.56. The summed E-state index contributed by atoms with van der Waals surface area (Å²) in [6.07, 6.45) is 3.62. The van der Waals surface area contributed by atoms with Gasteiger partial charge in [0.05, 0.1) is 12.3 Å². The topological polar surface area (TPSA) is 64.6 Å². The molecule has 5 nitrogen and oxygen atoms in total. The summed E-state index contributed by atoms with van der Waals surface area (Å²) >= 11 is 0. The molecule has 31 heavy (non-hydrogen) atoms. The van der Waals surface area contributed by atoms with Crippen molar-refractivity contribution < 1.29 is 18.0 Å². The van der Waals surface area contributed by atoms with Gasteiger partial charge in [0.1, 0.15) is 5.65 Å². The molecule has 0 saturated heterocycles. The number of imidazole rings is 1. The van der Waals surface area contributed by atoms with E-state index >= 15 is 0 Å². The lowest BCUT2D eigenvalue weighted by Crippen LogP contribution is -2.07. The molecule has 158 valence electrons. The number of pyridine rings is 1. The number of nitrogens with one attached hydrogen (secondary N) is 1. The summed E-state index contributed by atoms with van der Waals surface area (Å²) < 4.78 is 43.4. The number of hydrogen-bond donors (Lipinski definition) is 2. The maximum atomic E-state index is 14.5. The molecule has 2 aromatic heterocycles. The van der Waals surface area contributed by atoms with Crippen LogP contribution in [-0.4, -0.2) is 23.0 Å². The van der Waals surface area contributed by atoms with E-state index in [1.807, 2.05) is 42.5 Å². The van der Waals surface area contributed by atoms with Crippen LogP contribution in [0, 0.1) is 17.5 Å². The fraction of sp³-hybridized carbons (Fsp3) is 0.0870. The second kappa shape index (κ2) is 8.63. The summed E-state index contributed by atoms with van der Waals surface area (Å²) in [4.78, 5) is 9.47. The average Bonchev–Trinajstić information content (AvgIpc) is 3.11. The van der Waals surface area contributed by atoms with Crippen molar-refractivity contribution in [3.63, 3.8) is 0 Å². The highest BCUT2D eigenvalue weighted by Crippen LogP contribution is 2.33. The number of hydrogen-bond acceptors (Lipinski definition) is 4. The molecule has 8 heteroatoms. The summed E-state index contributed by atoms with van der Waals surface area (Å²) in [5.41, 5.74) is 11.6. The highest BCUT2D eigenvalue weighted by Gasteiger charge is 2.21. The van der Waals surface area contributed by atoms with E-state index in [0.29, 0.717) is 12.3 Å². The fourth-order valence-electron chi connectivity index (χ4n) is 3.43. The first-order valence-electron chi connectivity index (χ1n) is 9.47. The quantitative estimate of drug-likeness (QED) is 0.270. The van der Waals surface area contributed by atoms with E-state index in [-0.39, 0.29) is 17.1 Å². The van der Waals surface area contributed by atoms with Gasteiger partial charge in [-0.05, 0) is 47.0 Å². The van der Waals surface area contributed by atoms with Crippen LogP contribution < -0.4 is 11.2 Å². The van der Waals surface area contributed by atoms with Crippen LogP contribution in [0.2, 0.25) is 0 Å². The van der Waals surface area contributed by atoms with Crippen molar-refractivity contribution in [1.82, 2.24) is 14.9 Å². The van der Waals surface area contributed by atoms with Crippen molar-refractivity contribution in [2.24, 2.45) is 0 Å². The van der Waals surface area contributed by atoms with Crippen LogP contribution in [0.4, 0.5) is 19.0 Å². The molecule has 0 aliphatic carbocycles. The number of halogens is 3. The lowest BCUT2D eigenvalue weighted by atomic mass is 9.99. The Labute approximate surface area is 176 Å². The molecule has 4 aromatic rings. The minimum Gasteiger partial charge on any atom is -0.382 e. The van der Waals surface area contributed by atoms with E-state index in [9.17, 15) is 13.2 Å². The van der Waals surface area contributed by atoms with Gasteiger partial charge < -0.3 is 5.73 Å². The largest absolute Gasteiger partial charge is 0.382 e. The Hall–Kier alpha value is -3.62. The predicted molar refractivity (Wildman–Crippen MR) is 113 cm³/mol. The van der Waals surface area contributed by atoms with E-state index < -0.39 is 17.5 Å². The molecule has 0 saturated carbocycles. The Morgan fingerprint density at radius 3 is 2.55 bits per heavy atom. The number of anilines is 1. The molecule has 0 bridgehead atoms. The maximum absolute atomic E-state index is 14.5. The molecule has 0 fully saturated rings. The molecular formula is C23H19F3N4O. The SMILES string of the molecule is CNOCC=C(c1ccccc1)c1ccc2nc(N)c(-c3ccc(F)c(F)c3F)n2c1. The molecule has 0 unspecified atom stereocenters. The third-order valence-corrected chi connectivity index (χ3v) is 4.85. The molecule has 0 spiro atoms. The Kier molecular flexibility index (Phi) is 5.75. The number of aromatic nitrogens is 2. The molecule has 4 rings (SSSR count). The number of hydroxylamine groups is 1. The number of rotatable bonds is 6. The lowest BCUT2D eigenvalue weighted by molar-refractivity contribution is 0.0813. The highest BCUT2D eigenvalue weighted by molar-refractivity contribution is 5.82. The van der Waals surface area contributed by atoms with E-state index in [0.717, 1.165) is 28.8 Å². The second-order valence-corrected chi connectivity index (χ2v) is 6.71. The van der Waals surface area contributed by atoms with Gasteiger partial charge in [0.15, 0.2) is 23.3 Å². The van der Waals surface area contributed by atoms with Crippen molar-refractivity contribution in [2.75, 3.05) is 19.4 Å². The van der Waals surface area contributed by atoms with Crippen LogP contribution >= 0.6 is 0 Å². The van der Waals surface area contributed by atoms with Crippen molar-refractivity contribution in [1.29, 1.82) is 0 Å². The molecule has 3 N–H and O–H groups in total. The molecule has 2 heterocycles. The summed E-state index contributed by atoms with van der Waals surface area (Å²) in [6, 6.07) is 15.2. The van der Waals surface area contributed by atoms with Crippen LogP contribution in [0.5, 0.6) is 0 Å². The highest BCUT2D eigenvalue weighted by atomic mass is 19.2. The molecular weight excluding hydrogens is 405 g/mol. The zero-order chi connectivity index (χ0) is 22.0. The fourth-order valence-corrected chi connectivity index (χ4v) is 3.43. The van der Waals surface area contributed by atoms with Crippen LogP contribution in [0.1, 0.15) is 11.1 Å². The number of nitrogens with zero attached hydrogens (tertiary/aromatic N) is 2. The summed E-state index contributed by atoms with van der Waals surface area (Å²) in [5.74, 6) is -4.14. The van der Waals surface area contributed by atoms with Crippen LogP contribution in [0.25, 0.3) is 22.5 Å². The van der Waals surface area contributed by atoms with Gasteiger partial charge in [0.25, 0.3) is 0 Å². The number of fused-ring (bicyclic) bond motifs is 1. The van der Waals surface area contributed by atoms with Gasteiger partial charge in [0.2, 0.25) is 0 Å². The second-order valence-electron chi connectivity index (χ2n) is 6.71. The molecule has 0 aliphatic heterocycles. The third-order valence-electron chi connectivity index (χ3n) is 4.85. The summed E-state index contributed by atoms with van der Waals surface area (Å²) in [6.45, 7) is 0.301. The zero-order valence-electron chi connectivity index (χ0n) is 16.6. The molecule has 0 atom stereocenters. The number of benzene rings is 2. The Morgan fingerprint density at radius 2 is 1.81 bits per heavy atom. The van der Waals surface area contributed by atoms with Crippen molar-refractivity contribution in [2.45, 2.75) is 0 Å². The Bertz CT molecular complexity index is 1270. The zero-order valence-corrected chi connectivity index (χ0v) is 16.6. The van der Waals surface area contributed by atoms with Gasteiger partial charge in [-0.25, -0.2) is 23.6 Å². The average molecular weight is 424 g/mol. The van der Waals surface area contributed by atoms with E-state index in [1.54, 1.807) is 23.7 Å². The lowest BCUT2D eigenvalue weighted by Gasteiger charge is -2.11. The van der Waals surface area contributed by atoms with Gasteiger partial charge in [-0.15, -0.1) is 0 Å².